The molecule has 132 valence electrons. The maximum atomic E-state index is 13.3. The topological polar surface area (TPSA) is 27.7 Å². The van der Waals surface area contributed by atoms with E-state index in [4.69, 9.17) is 13.3 Å². The molecule has 1 aromatic carbocycles. The molecule has 1 aromatic rings. The number of rotatable bonds is 12. The summed E-state index contributed by atoms with van der Waals surface area (Å²) in [7, 11) is -2.79. The summed E-state index contributed by atoms with van der Waals surface area (Å²) in [6, 6.07) is 4.55. The van der Waals surface area contributed by atoms with Crippen molar-refractivity contribution in [3.8, 4) is 0 Å². The molecular formula is C17H28F2O3Si. The zero-order valence-electron chi connectivity index (χ0n) is 14.4. The van der Waals surface area contributed by atoms with E-state index in [9.17, 15) is 8.78 Å². The Kier molecular flexibility index (Phi) is 9.55. The molecule has 0 aromatic heterocycles. The van der Waals surface area contributed by atoms with Crippen molar-refractivity contribution in [2.24, 2.45) is 0 Å². The van der Waals surface area contributed by atoms with Crippen LogP contribution in [0.25, 0.3) is 0 Å². The van der Waals surface area contributed by atoms with Gasteiger partial charge in [0.05, 0.1) is 0 Å². The van der Waals surface area contributed by atoms with Crippen molar-refractivity contribution >= 4 is 8.80 Å². The minimum absolute atomic E-state index is 0.542. The van der Waals surface area contributed by atoms with Gasteiger partial charge in [0, 0.05) is 25.9 Å². The highest BCUT2D eigenvalue weighted by Gasteiger charge is 2.40. The Balaban J connectivity index is 2.80. The van der Waals surface area contributed by atoms with Gasteiger partial charge in [-0.25, -0.2) is 8.78 Å². The summed E-state index contributed by atoms with van der Waals surface area (Å²) in [6.07, 6.45) is 3.18. The average molecular weight is 346 g/mol. The van der Waals surface area contributed by atoms with Gasteiger partial charge in [-0.05, 0) is 43.4 Å². The van der Waals surface area contributed by atoms with Crippen molar-refractivity contribution in [3.63, 3.8) is 0 Å². The second kappa shape index (κ2) is 10.9. The standard InChI is InChI=1S/C17H28F2O3Si/c1-4-10-20-23(21-11-5-2,22-12-6-3)13-9-15-7-8-16(18)17(19)14-15/h7-8,14H,4-6,9-13H2,1-3H3. The Morgan fingerprint density at radius 2 is 1.35 bits per heavy atom. The fraction of sp³-hybridized carbons (Fsp3) is 0.647. The third-order valence-electron chi connectivity index (χ3n) is 3.28. The van der Waals surface area contributed by atoms with E-state index in [0.29, 0.717) is 32.3 Å². The molecule has 0 bridgehead atoms. The van der Waals surface area contributed by atoms with Gasteiger partial charge < -0.3 is 13.3 Å². The van der Waals surface area contributed by atoms with Crippen molar-refractivity contribution in [1.82, 2.24) is 0 Å². The van der Waals surface area contributed by atoms with Crippen LogP contribution in [0.2, 0.25) is 6.04 Å². The third-order valence-corrected chi connectivity index (χ3v) is 6.08. The lowest BCUT2D eigenvalue weighted by Crippen LogP contribution is -2.47. The lowest BCUT2D eigenvalue weighted by Gasteiger charge is -2.29. The monoisotopic (exact) mass is 346 g/mol. The molecular weight excluding hydrogens is 318 g/mol. The van der Waals surface area contributed by atoms with E-state index in [1.165, 1.54) is 6.07 Å². The van der Waals surface area contributed by atoms with E-state index in [0.717, 1.165) is 30.9 Å². The van der Waals surface area contributed by atoms with Gasteiger partial charge >= 0.3 is 8.80 Å². The van der Waals surface area contributed by atoms with Gasteiger partial charge in [0.1, 0.15) is 0 Å². The van der Waals surface area contributed by atoms with Crippen LogP contribution in [0.15, 0.2) is 18.2 Å². The first-order chi connectivity index (χ1) is 11.1. The fourth-order valence-corrected chi connectivity index (χ4v) is 4.93. The number of benzene rings is 1. The molecule has 0 aliphatic rings. The van der Waals surface area contributed by atoms with Crippen LogP contribution < -0.4 is 0 Å². The van der Waals surface area contributed by atoms with Crippen molar-refractivity contribution in [3.05, 3.63) is 35.4 Å². The lowest BCUT2D eigenvalue weighted by atomic mass is 10.2. The Labute approximate surface area is 139 Å². The summed E-state index contributed by atoms with van der Waals surface area (Å²) in [4.78, 5) is 0. The SMILES string of the molecule is CCCO[Si](CCc1ccc(F)c(F)c1)(OCCC)OCCC. The van der Waals surface area contributed by atoms with Crippen molar-refractivity contribution < 1.29 is 22.1 Å². The van der Waals surface area contributed by atoms with Crippen LogP contribution in [0.1, 0.15) is 45.6 Å². The van der Waals surface area contributed by atoms with Gasteiger partial charge in [-0.1, -0.05) is 26.8 Å². The molecule has 0 amide bonds. The van der Waals surface area contributed by atoms with E-state index in [1.807, 2.05) is 20.8 Å². The van der Waals surface area contributed by atoms with Gasteiger partial charge in [0.15, 0.2) is 11.6 Å². The maximum Gasteiger partial charge on any atom is 0.501 e. The molecule has 0 unspecified atom stereocenters. The molecule has 0 fully saturated rings. The predicted octanol–water partition coefficient (Wildman–Crippen LogP) is 4.73. The molecule has 3 nitrogen and oxygen atoms in total. The van der Waals surface area contributed by atoms with Crippen LogP contribution >= 0.6 is 0 Å². The molecule has 0 heterocycles. The molecule has 0 atom stereocenters. The molecule has 23 heavy (non-hydrogen) atoms. The fourth-order valence-electron chi connectivity index (χ4n) is 2.11. The molecule has 0 aliphatic heterocycles. The molecule has 0 saturated heterocycles. The number of aryl methyl sites for hydroxylation is 1. The predicted molar refractivity (Wildman–Crippen MR) is 89.4 cm³/mol. The zero-order chi connectivity index (χ0) is 17.1. The van der Waals surface area contributed by atoms with E-state index >= 15 is 0 Å². The average Bonchev–Trinajstić information content (AvgIpc) is 2.56. The van der Waals surface area contributed by atoms with Gasteiger partial charge in [-0.2, -0.15) is 0 Å². The second-order valence-electron chi connectivity index (χ2n) is 5.48. The first-order valence-corrected chi connectivity index (χ1v) is 10.4. The smallest absolute Gasteiger partial charge is 0.373 e. The molecule has 0 aliphatic carbocycles. The van der Waals surface area contributed by atoms with Gasteiger partial charge in [-0.3, -0.25) is 0 Å². The van der Waals surface area contributed by atoms with Gasteiger partial charge in [-0.15, -0.1) is 0 Å². The van der Waals surface area contributed by atoms with Crippen molar-refractivity contribution in [2.75, 3.05) is 19.8 Å². The molecule has 1 rings (SSSR count). The summed E-state index contributed by atoms with van der Waals surface area (Å²) < 4.78 is 44.3. The number of hydrogen-bond acceptors (Lipinski definition) is 3. The van der Waals surface area contributed by atoms with E-state index in [1.54, 1.807) is 6.07 Å². The summed E-state index contributed by atoms with van der Waals surface area (Å²) in [5, 5.41) is 0. The summed E-state index contributed by atoms with van der Waals surface area (Å²) in [5.41, 5.74) is 0.723. The molecule has 0 saturated carbocycles. The highest BCUT2D eigenvalue weighted by atomic mass is 28.4. The van der Waals surface area contributed by atoms with Crippen molar-refractivity contribution in [2.45, 2.75) is 52.5 Å². The largest absolute Gasteiger partial charge is 0.501 e. The summed E-state index contributed by atoms with van der Waals surface area (Å²) in [6.45, 7) is 7.85. The summed E-state index contributed by atoms with van der Waals surface area (Å²) in [5.74, 6) is -1.66. The van der Waals surface area contributed by atoms with Gasteiger partial charge in [0.2, 0.25) is 0 Å². The number of halogens is 2. The maximum absolute atomic E-state index is 13.3. The minimum Gasteiger partial charge on any atom is -0.373 e. The number of hydrogen-bond donors (Lipinski definition) is 0. The highest BCUT2D eigenvalue weighted by molar-refractivity contribution is 6.60. The van der Waals surface area contributed by atoms with Crippen LogP contribution in [0.4, 0.5) is 8.78 Å². The Morgan fingerprint density at radius 1 is 0.826 bits per heavy atom. The first kappa shape index (κ1) is 20.2. The molecule has 0 N–H and O–H groups in total. The Bertz CT molecular complexity index is 436. The lowest BCUT2D eigenvalue weighted by molar-refractivity contribution is 0.0593. The Hall–Kier alpha value is -0.823. The third kappa shape index (κ3) is 7.08. The second-order valence-corrected chi connectivity index (χ2v) is 8.21. The van der Waals surface area contributed by atoms with E-state index in [2.05, 4.69) is 0 Å². The minimum atomic E-state index is -2.79. The highest BCUT2D eigenvalue weighted by Crippen LogP contribution is 2.21. The van der Waals surface area contributed by atoms with E-state index in [-0.39, 0.29) is 0 Å². The summed E-state index contributed by atoms with van der Waals surface area (Å²) >= 11 is 0. The van der Waals surface area contributed by atoms with Crippen LogP contribution in [0.3, 0.4) is 0 Å². The van der Waals surface area contributed by atoms with Crippen LogP contribution in [-0.4, -0.2) is 28.6 Å². The quantitative estimate of drug-likeness (QED) is 0.512. The zero-order valence-corrected chi connectivity index (χ0v) is 15.4. The molecule has 0 radical (unpaired) electrons. The first-order valence-electron chi connectivity index (χ1n) is 8.42. The van der Waals surface area contributed by atoms with Gasteiger partial charge in [0.25, 0.3) is 0 Å². The van der Waals surface area contributed by atoms with Crippen LogP contribution in [-0.2, 0) is 19.7 Å². The van der Waals surface area contributed by atoms with Crippen LogP contribution in [0.5, 0.6) is 0 Å². The normalized spacial score (nSPS) is 11.9. The Morgan fingerprint density at radius 3 is 1.78 bits per heavy atom. The molecule has 6 heteroatoms. The van der Waals surface area contributed by atoms with Crippen LogP contribution in [0, 0.1) is 11.6 Å². The molecule has 0 spiro atoms. The van der Waals surface area contributed by atoms with E-state index < -0.39 is 20.4 Å². The van der Waals surface area contributed by atoms with Crippen molar-refractivity contribution in [1.29, 1.82) is 0 Å².